The second-order valence-corrected chi connectivity index (χ2v) is 7.29. The molecule has 0 aliphatic heterocycles. The fourth-order valence-corrected chi connectivity index (χ4v) is 3.59. The van der Waals surface area contributed by atoms with Crippen LogP contribution in [0.15, 0.2) is 15.9 Å². The molecule has 122 valence electrons. The van der Waals surface area contributed by atoms with E-state index in [2.05, 4.69) is 40.5 Å². The number of aliphatic hydroxyl groups is 1. The molecule has 0 saturated heterocycles. The van der Waals surface area contributed by atoms with Crippen LogP contribution >= 0.6 is 27.3 Å². The average molecular weight is 378 g/mol. The van der Waals surface area contributed by atoms with Gasteiger partial charge in [0.15, 0.2) is 0 Å². The van der Waals surface area contributed by atoms with Crippen LogP contribution in [-0.2, 0) is 11.3 Å². The molecule has 1 aromatic rings. The summed E-state index contributed by atoms with van der Waals surface area (Å²) in [5, 5.41) is 15.2. The fraction of sp³-hybridized carbons (Fsp3) is 0.750. The van der Waals surface area contributed by atoms with Gasteiger partial charge in [-0.1, -0.05) is 33.1 Å². The molecular weight excluding hydrogens is 350 g/mol. The molecule has 0 aromatic carbocycles. The van der Waals surface area contributed by atoms with Crippen molar-refractivity contribution in [1.29, 1.82) is 0 Å². The van der Waals surface area contributed by atoms with E-state index < -0.39 is 6.10 Å². The van der Waals surface area contributed by atoms with E-state index >= 15 is 0 Å². The third kappa shape index (κ3) is 8.31. The van der Waals surface area contributed by atoms with Crippen LogP contribution in [0.1, 0.15) is 44.4 Å². The van der Waals surface area contributed by atoms with E-state index in [-0.39, 0.29) is 0 Å². The van der Waals surface area contributed by atoms with Gasteiger partial charge in [0.25, 0.3) is 0 Å². The number of nitrogens with one attached hydrogen (secondary N) is 1. The molecule has 2 atom stereocenters. The summed E-state index contributed by atoms with van der Waals surface area (Å²) in [6.45, 7) is 6.96. The van der Waals surface area contributed by atoms with Crippen molar-refractivity contribution in [2.24, 2.45) is 5.92 Å². The second-order valence-electron chi connectivity index (χ2n) is 5.43. The molecule has 0 spiro atoms. The summed E-state index contributed by atoms with van der Waals surface area (Å²) in [6.07, 6.45) is 4.45. The monoisotopic (exact) mass is 377 g/mol. The normalized spacial score (nSPS) is 14.3. The van der Waals surface area contributed by atoms with E-state index in [0.29, 0.717) is 19.1 Å². The zero-order chi connectivity index (χ0) is 15.5. The average Bonchev–Trinajstić information content (AvgIpc) is 2.88. The highest BCUT2D eigenvalue weighted by atomic mass is 79.9. The van der Waals surface area contributed by atoms with Gasteiger partial charge in [0, 0.05) is 29.0 Å². The highest BCUT2D eigenvalue weighted by molar-refractivity contribution is 9.10. The van der Waals surface area contributed by atoms with Gasteiger partial charge in [-0.25, -0.2) is 0 Å². The lowest BCUT2D eigenvalue weighted by molar-refractivity contribution is 0.0193. The highest BCUT2D eigenvalue weighted by Crippen LogP contribution is 2.22. The van der Waals surface area contributed by atoms with E-state index in [1.54, 1.807) is 11.3 Å². The Bertz CT molecular complexity index is 373. The van der Waals surface area contributed by atoms with Crippen LogP contribution in [-0.4, -0.2) is 31.0 Å². The van der Waals surface area contributed by atoms with Gasteiger partial charge < -0.3 is 15.2 Å². The van der Waals surface area contributed by atoms with E-state index in [0.717, 1.165) is 24.0 Å². The molecule has 3 nitrogen and oxygen atoms in total. The zero-order valence-electron chi connectivity index (χ0n) is 13.1. The molecule has 21 heavy (non-hydrogen) atoms. The Balaban J connectivity index is 2.08. The summed E-state index contributed by atoms with van der Waals surface area (Å²) in [5.41, 5.74) is 0. The predicted molar refractivity (Wildman–Crippen MR) is 93.9 cm³/mol. The first-order valence-electron chi connectivity index (χ1n) is 7.85. The van der Waals surface area contributed by atoms with E-state index in [9.17, 15) is 5.11 Å². The summed E-state index contributed by atoms with van der Waals surface area (Å²) < 4.78 is 6.79. The number of halogens is 1. The lowest BCUT2D eigenvalue weighted by atomic mass is 10.0. The quantitative estimate of drug-likeness (QED) is 0.573. The van der Waals surface area contributed by atoms with Gasteiger partial charge in [0.1, 0.15) is 0 Å². The third-order valence-corrected chi connectivity index (χ3v) is 5.49. The Morgan fingerprint density at radius 1 is 1.38 bits per heavy atom. The van der Waals surface area contributed by atoms with Crippen LogP contribution in [0.3, 0.4) is 0 Å². The molecule has 2 unspecified atom stereocenters. The summed E-state index contributed by atoms with van der Waals surface area (Å²) in [5.74, 6) is 0.632. The minimum Gasteiger partial charge on any atom is -0.389 e. The molecule has 1 heterocycles. The van der Waals surface area contributed by atoms with Crippen LogP contribution < -0.4 is 5.32 Å². The van der Waals surface area contributed by atoms with Gasteiger partial charge in [-0.3, -0.25) is 0 Å². The van der Waals surface area contributed by atoms with Gasteiger partial charge in [-0.15, -0.1) is 11.3 Å². The molecule has 2 N–H and O–H groups in total. The lowest BCUT2D eigenvalue weighted by Crippen LogP contribution is -2.30. The van der Waals surface area contributed by atoms with Crippen molar-refractivity contribution in [3.05, 3.63) is 20.8 Å². The van der Waals surface area contributed by atoms with Crippen molar-refractivity contribution < 1.29 is 9.84 Å². The van der Waals surface area contributed by atoms with Crippen LogP contribution in [0.5, 0.6) is 0 Å². The van der Waals surface area contributed by atoms with Gasteiger partial charge in [-0.2, -0.15) is 0 Å². The first-order chi connectivity index (χ1) is 10.2. The predicted octanol–water partition coefficient (Wildman–Crippen LogP) is 4.19. The number of hydrogen-bond acceptors (Lipinski definition) is 4. The number of aliphatic hydroxyl groups excluding tert-OH is 1. The highest BCUT2D eigenvalue weighted by Gasteiger charge is 2.09. The number of hydrogen-bond donors (Lipinski definition) is 2. The van der Waals surface area contributed by atoms with Crippen LogP contribution in [0.4, 0.5) is 0 Å². The summed E-state index contributed by atoms with van der Waals surface area (Å²) >= 11 is 5.21. The van der Waals surface area contributed by atoms with Crippen molar-refractivity contribution in [2.75, 3.05) is 19.8 Å². The molecule has 0 bridgehead atoms. The molecule has 0 fully saturated rings. The van der Waals surface area contributed by atoms with E-state index in [4.69, 9.17) is 4.74 Å². The molecule has 1 rings (SSSR count). The maximum absolute atomic E-state index is 9.91. The number of rotatable bonds is 12. The number of thiophene rings is 1. The number of ether oxygens (including phenoxy) is 1. The molecule has 1 aromatic heterocycles. The maximum Gasteiger partial charge on any atom is 0.0897 e. The standard InChI is InChI=1S/C16H28BrNO2S/c1-3-5-6-13(4-2)11-20-12-14(19)9-18-10-16-15(17)7-8-21-16/h7-8,13-14,18-19H,3-6,9-12H2,1-2H3. The minimum atomic E-state index is -0.438. The summed E-state index contributed by atoms with van der Waals surface area (Å²) in [7, 11) is 0. The molecule has 0 saturated carbocycles. The Labute approximate surface area is 141 Å². The van der Waals surface area contributed by atoms with Crippen molar-refractivity contribution in [2.45, 2.75) is 52.2 Å². The molecule has 0 aliphatic carbocycles. The topological polar surface area (TPSA) is 41.5 Å². The van der Waals surface area contributed by atoms with Crippen LogP contribution in [0, 0.1) is 5.92 Å². The van der Waals surface area contributed by atoms with Crippen molar-refractivity contribution in [3.8, 4) is 0 Å². The van der Waals surface area contributed by atoms with E-state index in [1.165, 1.54) is 24.1 Å². The molecule has 0 radical (unpaired) electrons. The first-order valence-corrected chi connectivity index (χ1v) is 9.53. The van der Waals surface area contributed by atoms with Crippen LogP contribution in [0.2, 0.25) is 0 Å². The Hall–Kier alpha value is 0.0600. The maximum atomic E-state index is 9.91. The Morgan fingerprint density at radius 2 is 2.19 bits per heavy atom. The second kappa shape index (κ2) is 11.6. The van der Waals surface area contributed by atoms with Gasteiger partial charge in [-0.05, 0) is 39.7 Å². The van der Waals surface area contributed by atoms with Gasteiger partial charge >= 0.3 is 0 Å². The van der Waals surface area contributed by atoms with Gasteiger partial charge in [0.05, 0.1) is 12.7 Å². The van der Waals surface area contributed by atoms with Crippen molar-refractivity contribution >= 4 is 27.3 Å². The van der Waals surface area contributed by atoms with Crippen LogP contribution in [0.25, 0.3) is 0 Å². The lowest BCUT2D eigenvalue weighted by Gasteiger charge is -2.17. The smallest absolute Gasteiger partial charge is 0.0897 e. The SMILES string of the molecule is CCCCC(CC)COCC(O)CNCc1sccc1Br. The largest absolute Gasteiger partial charge is 0.389 e. The molecule has 0 amide bonds. The van der Waals surface area contributed by atoms with Crippen molar-refractivity contribution in [1.82, 2.24) is 5.32 Å². The molecular formula is C16H28BrNO2S. The third-order valence-electron chi connectivity index (χ3n) is 3.56. The summed E-state index contributed by atoms with van der Waals surface area (Å²) in [6, 6.07) is 2.04. The Morgan fingerprint density at radius 3 is 2.81 bits per heavy atom. The summed E-state index contributed by atoms with van der Waals surface area (Å²) in [4.78, 5) is 1.26. The van der Waals surface area contributed by atoms with Crippen molar-refractivity contribution in [3.63, 3.8) is 0 Å². The number of unbranched alkanes of at least 4 members (excludes halogenated alkanes) is 1. The molecule has 0 aliphatic rings. The zero-order valence-corrected chi connectivity index (χ0v) is 15.5. The Kier molecular flexibility index (Phi) is 10.6. The first kappa shape index (κ1) is 19.1. The minimum absolute atomic E-state index is 0.418. The van der Waals surface area contributed by atoms with E-state index in [1.807, 2.05) is 6.07 Å². The molecule has 5 heteroatoms. The fourth-order valence-electron chi connectivity index (χ4n) is 2.13. The van der Waals surface area contributed by atoms with Gasteiger partial charge in [0.2, 0.25) is 0 Å².